The number of quaternary nitrogens is 1. The lowest BCUT2D eigenvalue weighted by atomic mass is 10.6. The van der Waals surface area contributed by atoms with Crippen molar-refractivity contribution in [2.24, 2.45) is 0 Å². The van der Waals surface area contributed by atoms with Crippen LogP contribution < -0.4 is 4.97 Å². The van der Waals surface area contributed by atoms with E-state index in [4.69, 9.17) is 10.4 Å². The number of rotatable bonds is 1. The highest BCUT2D eigenvalue weighted by Crippen LogP contribution is 2.15. The Morgan fingerprint density at radius 2 is 2.22 bits per heavy atom. The third-order valence-corrected chi connectivity index (χ3v) is 0.793. The molecule has 9 heavy (non-hydrogen) atoms. The van der Waals surface area contributed by atoms with Crippen LogP contribution in [0.2, 0.25) is 0 Å². The van der Waals surface area contributed by atoms with Gasteiger partial charge in [0, 0.05) is 6.07 Å². The Balaban J connectivity index is 2.90. The lowest BCUT2D eigenvalue weighted by Gasteiger charge is -2.18. The van der Waals surface area contributed by atoms with E-state index in [1.54, 1.807) is 0 Å². The predicted octanol–water partition coefficient (Wildman–Crippen LogP) is 0.863. The Labute approximate surface area is 50.4 Å². The van der Waals surface area contributed by atoms with Gasteiger partial charge in [-0.3, -0.25) is 0 Å². The van der Waals surface area contributed by atoms with Gasteiger partial charge in [-0.15, -0.1) is 0 Å². The van der Waals surface area contributed by atoms with E-state index in [2.05, 4.69) is 4.42 Å². The van der Waals surface area contributed by atoms with E-state index in [1.807, 2.05) is 0 Å². The van der Waals surface area contributed by atoms with E-state index < -0.39 is 10.9 Å². The Bertz CT molecular complexity index is 175. The van der Waals surface area contributed by atoms with Crippen molar-refractivity contribution < 1.29 is 14.8 Å². The normalized spacial score (nSPS) is 11.9. The molecular formula is C4H5NO4. The van der Waals surface area contributed by atoms with Gasteiger partial charge < -0.3 is 9.62 Å². The first-order valence-corrected chi connectivity index (χ1v) is 2.20. The molecule has 0 radical (unpaired) electrons. The van der Waals surface area contributed by atoms with Gasteiger partial charge in [0.25, 0.3) is 0 Å². The zero-order valence-corrected chi connectivity index (χ0v) is 4.39. The second-order valence-electron chi connectivity index (χ2n) is 1.50. The maximum absolute atomic E-state index is 10.1. The van der Waals surface area contributed by atoms with E-state index in [-0.39, 0.29) is 0 Å². The summed E-state index contributed by atoms with van der Waals surface area (Å²) in [5, 5.41) is 26.6. The third-order valence-electron chi connectivity index (χ3n) is 0.793. The van der Waals surface area contributed by atoms with Gasteiger partial charge in [0.1, 0.15) is 0 Å². The molecule has 0 aliphatic carbocycles. The summed E-state index contributed by atoms with van der Waals surface area (Å²) in [4.78, 5) is -2.51. The summed E-state index contributed by atoms with van der Waals surface area (Å²) >= 11 is 0. The molecule has 0 unspecified atom stereocenters. The summed E-state index contributed by atoms with van der Waals surface area (Å²) < 4.78 is 4.36. The van der Waals surface area contributed by atoms with Crippen LogP contribution in [-0.4, -0.2) is 10.4 Å². The fraction of sp³-hybridized carbons (Fsp3) is 0. The molecule has 5 heteroatoms. The van der Waals surface area contributed by atoms with Gasteiger partial charge in [0.2, 0.25) is 0 Å². The zero-order chi connectivity index (χ0) is 6.91. The van der Waals surface area contributed by atoms with Gasteiger partial charge >= 0.3 is 5.88 Å². The van der Waals surface area contributed by atoms with E-state index in [1.165, 1.54) is 12.3 Å². The van der Waals surface area contributed by atoms with Crippen molar-refractivity contribution in [3.8, 4) is 0 Å². The van der Waals surface area contributed by atoms with Crippen molar-refractivity contribution in [3.05, 3.63) is 23.6 Å². The number of hydrogen-bond acceptors (Lipinski definition) is 4. The maximum Gasteiger partial charge on any atom is 0.364 e. The Hall–Kier alpha value is -0.880. The molecule has 0 atom stereocenters. The number of nitrogens with zero attached hydrogens (tertiary/aromatic N) is 1. The maximum atomic E-state index is 10.1. The zero-order valence-electron chi connectivity index (χ0n) is 4.39. The van der Waals surface area contributed by atoms with Gasteiger partial charge in [-0.1, -0.05) is 0 Å². The molecule has 0 bridgehead atoms. The highest BCUT2D eigenvalue weighted by atomic mass is 17.1. The standard InChI is InChI=1S/C4H5NO4/c6-5(7,8)4-2-1-3-9-4/h1-3,6-7H. The minimum absolute atomic E-state index is 0.463. The van der Waals surface area contributed by atoms with Crippen LogP contribution in [0.1, 0.15) is 0 Å². The molecule has 50 valence electrons. The first-order chi connectivity index (χ1) is 4.11. The monoisotopic (exact) mass is 131 g/mol. The largest absolute Gasteiger partial charge is 0.556 e. The first-order valence-electron chi connectivity index (χ1n) is 2.20. The molecule has 1 aromatic rings. The van der Waals surface area contributed by atoms with Crippen LogP contribution in [0.15, 0.2) is 22.8 Å². The van der Waals surface area contributed by atoms with Gasteiger partial charge in [-0.05, 0) is 11.0 Å². The Kier molecular flexibility index (Phi) is 1.26. The molecule has 1 heterocycles. The lowest BCUT2D eigenvalue weighted by Crippen LogP contribution is -2.33. The summed E-state index contributed by atoms with van der Waals surface area (Å²) in [6, 6.07) is 2.54. The quantitative estimate of drug-likeness (QED) is 0.437. The third kappa shape index (κ3) is 1.27. The van der Waals surface area contributed by atoms with Crippen molar-refractivity contribution in [2.45, 2.75) is 0 Å². The topological polar surface area (TPSA) is 76.7 Å². The van der Waals surface area contributed by atoms with E-state index in [9.17, 15) is 5.21 Å². The van der Waals surface area contributed by atoms with Crippen LogP contribution >= 0.6 is 0 Å². The predicted molar refractivity (Wildman–Crippen MR) is 27.4 cm³/mol. The number of hydrogen-bond donors (Lipinski definition) is 2. The average molecular weight is 131 g/mol. The van der Waals surface area contributed by atoms with Crippen molar-refractivity contribution in [3.63, 3.8) is 0 Å². The average Bonchev–Trinajstić information content (AvgIpc) is 2.08. The molecule has 1 aromatic heterocycles. The van der Waals surface area contributed by atoms with E-state index >= 15 is 0 Å². The molecular weight excluding hydrogens is 126 g/mol. The molecule has 0 aliphatic rings. The van der Waals surface area contributed by atoms with Crippen LogP contribution in [-0.2, 0) is 0 Å². The van der Waals surface area contributed by atoms with E-state index in [0.717, 1.165) is 6.07 Å². The van der Waals surface area contributed by atoms with Crippen LogP contribution in [0.25, 0.3) is 0 Å². The minimum atomic E-state index is -2.51. The molecule has 0 spiro atoms. The SMILES string of the molecule is [O-][N+](O)(O)c1ccco1. The highest BCUT2D eigenvalue weighted by Gasteiger charge is 2.17. The van der Waals surface area contributed by atoms with Crippen molar-refractivity contribution in [2.75, 3.05) is 0 Å². The summed E-state index contributed by atoms with van der Waals surface area (Å²) in [6.07, 6.45) is 1.17. The van der Waals surface area contributed by atoms with Crippen LogP contribution in [0.4, 0.5) is 5.88 Å². The smallest absolute Gasteiger partial charge is 0.364 e. The highest BCUT2D eigenvalue weighted by molar-refractivity contribution is 5.24. The summed E-state index contributed by atoms with van der Waals surface area (Å²) in [7, 11) is 0. The molecule has 5 nitrogen and oxygen atoms in total. The fourth-order valence-corrected chi connectivity index (χ4v) is 0.436. The van der Waals surface area contributed by atoms with Crippen LogP contribution in [0, 0.1) is 5.21 Å². The van der Waals surface area contributed by atoms with E-state index in [0.29, 0.717) is 0 Å². The van der Waals surface area contributed by atoms with Crippen molar-refractivity contribution in [1.82, 2.24) is 4.97 Å². The van der Waals surface area contributed by atoms with Crippen molar-refractivity contribution >= 4 is 5.88 Å². The fourth-order valence-electron chi connectivity index (χ4n) is 0.436. The van der Waals surface area contributed by atoms with Crippen LogP contribution in [0.5, 0.6) is 0 Å². The molecule has 1 rings (SSSR count). The van der Waals surface area contributed by atoms with Gasteiger partial charge in [-0.2, -0.15) is 10.4 Å². The summed E-state index contributed by atoms with van der Waals surface area (Å²) in [5.41, 5.74) is 0. The molecule has 0 aromatic carbocycles. The second-order valence-corrected chi connectivity index (χ2v) is 1.50. The number of furan rings is 1. The second kappa shape index (κ2) is 1.82. The van der Waals surface area contributed by atoms with Crippen LogP contribution in [0.3, 0.4) is 0 Å². The molecule has 0 fully saturated rings. The summed E-state index contributed by atoms with van der Waals surface area (Å²) in [5.74, 6) is -0.463. The Morgan fingerprint density at radius 1 is 1.56 bits per heavy atom. The van der Waals surface area contributed by atoms with Crippen molar-refractivity contribution in [1.29, 1.82) is 0 Å². The molecule has 0 saturated heterocycles. The Morgan fingerprint density at radius 3 is 2.44 bits per heavy atom. The summed E-state index contributed by atoms with van der Waals surface area (Å²) in [6.45, 7) is 0. The molecule has 0 aliphatic heterocycles. The molecule has 2 N–H and O–H groups in total. The van der Waals surface area contributed by atoms with Gasteiger partial charge in [0.15, 0.2) is 0 Å². The first kappa shape index (κ1) is 6.24. The minimum Gasteiger partial charge on any atom is -0.556 e. The van der Waals surface area contributed by atoms with Gasteiger partial charge in [-0.25, -0.2) is 0 Å². The molecule has 0 saturated carbocycles. The molecule has 0 amide bonds. The van der Waals surface area contributed by atoms with Gasteiger partial charge in [0.05, 0.1) is 6.26 Å². The lowest BCUT2D eigenvalue weighted by molar-refractivity contribution is -0.261.